The van der Waals surface area contributed by atoms with E-state index in [-0.39, 0.29) is 18.6 Å². The number of nitrogens with one attached hydrogen (secondary N) is 1. The molecule has 0 saturated carbocycles. The third-order valence-electron chi connectivity index (χ3n) is 4.83. The second-order valence-electron chi connectivity index (χ2n) is 7.41. The summed E-state index contributed by atoms with van der Waals surface area (Å²) in [5.74, 6) is 1.40. The molecule has 0 bridgehead atoms. The van der Waals surface area contributed by atoms with Gasteiger partial charge in [-0.3, -0.25) is 9.69 Å². The molecule has 1 amide bonds. The summed E-state index contributed by atoms with van der Waals surface area (Å²) < 4.78 is 7.50. The van der Waals surface area contributed by atoms with Gasteiger partial charge < -0.3 is 15.2 Å². The van der Waals surface area contributed by atoms with Crippen molar-refractivity contribution in [1.29, 1.82) is 0 Å². The van der Waals surface area contributed by atoms with Crippen molar-refractivity contribution >= 4 is 11.7 Å². The molecule has 1 saturated heterocycles. The largest absolute Gasteiger partial charge is 0.491 e. The van der Waals surface area contributed by atoms with E-state index < -0.39 is 5.60 Å². The predicted octanol–water partition coefficient (Wildman–Crippen LogP) is 2.31. The Morgan fingerprint density at radius 3 is 2.63 bits per heavy atom. The Morgan fingerprint density at radius 1 is 1.26 bits per heavy atom. The fourth-order valence-electron chi connectivity index (χ4n) is 3.22. The lowest BCUT2D eigenvalue weighted by molar-refractivity contribution is -0.119. The van der Waals surface area contributed by atoms with Gasteiger partial charge in [-0.15, -0.1) is 0 Å². The van der Waals surface area contributed by atoms with Crippen molar-refractivity contribution in [3.05, 3.63) is 42.6 Å². The Morgan fingerprint density at radius 2 is 1.96 bits per heavy atom. The average Bonchev–Trinajstić information content (AvgIpc) is 3.11. The number of hydrogen-bond donors (Lipinski definition) is 2. The SMILES string of the molecule is CC(C)n1nccc1NC(=O)CN1CCC(O)(COc2ccccc2)CC1. The molecule has 1 aromatic heterocycles. The van der Waals surface area contributed by atoms with Crippen molar-refractivity contribution in [3.8, 4) is 5.75 Å². The van der Waals surface area contributed by atoms with Crippen molar-refractivity contribution in [2.24, 2.45) is 0 Å². The summed E-state index contributed by atoms with van der Waals surface area (Å²) in [5.41, 5.74) is -0.848. The fraction of sp³-hybridized carbons (Fsp3) is 0.500. The molecule has 3 rings (SSSR count). The maximum atomic E-state index is 12.3. The molecule has 146 valence electrons. The zero-order valence-electron chi connectivity index (χ0n) is 16.0. The van der Waals surface area contributed by atoms with Crippen LogP contribution in [-0.2, 0) is 4.79 Å². The van der Waals surface area contributed by atoms with Gasteiger partial charge in [-0.1, -0.05) is 18.2 Å². The minimum Gasteiger partial charge on any atom is -0.491 e. The molecule has 0 atom stereocenters. The number of hydrogen-bond acceptors (Lipinski definition) is 5. The number of aliphatic hydroxyl groups is 1. The van der Waals surface area contributed by atoms with Crippen molar-refractivity contribution < 1.29 is 14.6 Å². The van der Waals surface area contributed by atoms with Crippen molar-refractivity contribution in [3.63, 3.8) is 0 Å². The number of ether oxygens (including phenoxy) is 1. The number of para-hydroxylation sites is 1. The van der Waals surface area contributed by atoms with Gasteiger partial charge in [0, 0.05) is 25.2 Å². The number of rotatable bonds is 7. The van der Waals surface area contributed by atoms with E-state index in [0.29, 0.717) is 38.3 Å². The molecular formula is C20H28N4O3. The molecule has 0 unspecified atom stereocenters. The minimum atomic E-state index is -0.848. The Balaban J connectivity index is 1.44. The maximum absolute atomic E-state index is 12.3. The first-order valence-electron chi connectivity index (χ1n) is 9.41. The molecule has 2 N–H and O–H groups in total. The van der Waals surface area contributed by atoms with Gasteiger partial charge in [-0.05, 0) is 38.8 Å². The fourth-order valence-corrected chi connectivity index (χ4v) is 3.22. The summed E-state index contributed by atoms with van der Waals surface area (Å²) in [7, 11) is 0. The van der Waals surface area contributed by atoms with Crippen LogP contribution in [0.15, 0.2) is 42.6 Å². The molecule has 2 aromatic rings. The zero-order chi connectivity index (χ0) is 19.3. The van der Waals surface area contributed by atoms with Gasteiger partial charge in [0.1, 0.15) is 23.8 Å². The lowest BCUT2D eigenvalue weighted by Gasteiger charge is -2.37. The Labute approximate surface area is 159 Å². The highest BCUT2D eigenvalue weighted by Gasteiger charge is 2.33. The maximum Gasteiger partial charge on any atom is 0.239 e. The number of carbonyl (C=O) groups excluding carboxylic acids is 1. The summed E-state index contributed by atoms with van der Waals surface area (Å²) in [5, 5.41) is 17.9. The normalized spacial score (nSPS) is 17.0. The van der Waals surface area contributed by atoms with E-state index in [0.717, 1.165) is 5.75 Å². The Hall–Kier alpha value is -2.38. The second kappa shape index (κ2) is 8.54. The zero-order valence-corrected chi connectivity index (χ0v) is 16.0. The topological polar surface area (TPSA) is 79.6 Å². The molecule has 0 spiro atoms. The Bertz CT molecular complexity index is 737. The molecule has 0 radical (unpaired) electrons. The highest BCUT2D eigenvalue weighted by atomic mass is 16.5. The highest BCUT2D eigenvalue weighted by molar-refractivity contribution is 5.91. The first kappa shape index (κ1) is 19.4. The van der Waals surface area contributed by atoms with Gasteiger partial charge in [-0.2, -0.15) is 5.10 Å². The minimum absolute atomic E-state index is 0.0663. The smallest absolute Gasteiger partial charge is 0.239 e. The number of piperidine rings is 1. The number of amides is 1. The summed E-state index contributed by atoms with van der Waals surface area (Å²) in [6.45, 7) is 5.93. The first-order chi connectivity index (χ1) is 13.0. The number of aromatic nitrogens is 2. The summed E-state index contributed by atoms with van der Waals surface area (Å²) >= 11 is 0. The number of nitrogens with zero attached hydrogens (tertiary/aromatic N) is 3. The lowest BCUT2D eigenvalue weighted by Crippen LogP contribution is -2.49. The molecule has 7 heteroatoms. The summed E-state index contributed by atoms with van der Waals surface area (Å²) in [6, 6.07) is 11.5. The summed E-state index contributed by atoms with van der Waals surface area (Å²) in [6.07, 6.45) is 2.84. The molecule has 7 nitrogen and oxygen atoms in total. The van der Waals surface area contributed by atoms with Crippen LogP contribution < -0.4 is 10.1 Å². The van der Waals surface area contributed by atoms with Gasteiger partial charge in [0.25, 0.3) is 0 Å². The number of anilines is 1. The predicted molar refractivity (Wildman–Crippen MR) is 104 cm³/mol. The molecular weight excluding hydrogens is 344 g/mol. The Kier molecular flexibility index (Phi) is 6.13. The van der Waals surface area contributed by atoms with Gasteiger partial charge in [0.2, 0.25) is 5.91 Å². The van der Waals surface area contributed by atoms with Crippen molar-refractivity contribution in [1.82, 2.24) is 14.7 Å². The van der Waals surface area contributed by atoms with Crippen LogP contribution in [0.25, 0.3) is 0 Å². The van der Waals surface area contributed by atoms with Crippen LogP contribution in [-0.4, -0.2) is 57.5 Å². The first-order valence-corrected chi connectivity index (χ1v) is 9.41. The van der Waals surface area contributed by atoms with Crippen molar-refractivity contribution in [2.45, 2.75) is 38.3 Å². The van der Waals surface area contributed by atoms with E-state index in [4.69, 9.17) is 4.74 Å². The standard InChI is InChI=1S/C20H28N4O3/c1-16(2)24-18(8-11-21-24)22-19(25)14-23-12-9-20(26,10-13-23)15-27-17-6-4-3-5-7-17/h3-8,11,16,26H,9-10,12-15H2,1-2H3,(H,22,25). The van der Waals surface area contributed by atoms with Crippen LogP contribution in [0.4, 0.5) is 5.82 Å². The van der Waals surface area contributed by atoms with Crippen molar-refractivity contribution in [2.75, 3.05) is 31.6 Å². The van der Waals surface area contributed by atoms with E-state index in [2.05, 4.69) is 15.3 Å². The van der Waals surface area contributed by atoms with Crippen LogP contribution in [0, 0.1) is 0 Å². The highest BCUT2D eigenvalue weighted by Crippen LogP contribution is 2.24. The second-order valence-corrected chi connectivity index (χ2v) is 7.41. The van der Waals surface area contributed by atoms with E-state index in [1.165, 1.54) is 0 Å². The van der Waals surface area contributed by atoms with Crippen LogP contribution in [0.3, 0.4) is 0 Å². The van der Waals surface area contributed by atoms with Crippen LogP contribution >= 0.6 is 0 Å². The number of benzene rings is 1. The van der Waals surface area contributed by atoms with E-state index in [1.807, 2.05) is 44.2 Å². The molecule has 2 heterocycles. The van der Waals surface area contributed by atoms with E-state index in [9.17, 15) is 9.90 Å². The van der Waals surface area contributed by atoms with Crippen LogP contribution in [0.5, 0.6) is 5.75 Å². The molecule has 1 aliphatic rings. The van der Waals surface area contributed by atoms with Crippen LogP contribution in [0.1, 0.15) is 32.7 Å². The molecule has 1 aliphatic heterocycles. The van der Waals surface area contributed by atoms with Gasteiger partial charge in [0.05, 0.1) is 12.7 Å². The van der Waals surface area contributed by atoms with Gasteiger partial charge in [-0.25, -0.2) is 4.68 Å². The average molecular weight is 372 g/mol. The molecule has 0 aliphatic carbocycles. The molecule has 1 fully saturated rings. The monoisotopic (exact) mass is 372 g/mol. The van der Waals surface area contributed by atoms with E-state index >= 15 is 0 Å². The lowest BCUT2D eigenvalue weighted by atomic mass is 9.92. The molecule has 1 aromatic carbocycles. The van der Waals surface area contributed by atoms with Gasteiger partial charge >= 0.3 is 0 Å². The molecule has 27 heavy (non-hydrogen) atoms. The number of carbonyl (C=O) groups is 1. The van der Waals surface area contributed by atoms with E-state index in [1.54, 1.807) is 16.9 Å². The third-order valence-corrected chi connectivity index (χ3v) is 4.83. The third kappa shape index (κ3) is 5.30. The van der Waals surface area contributed by atoms with Crippen LogP contribution in [0.2, 0.25) is 0 Å². The van der Waals surface area contributed by atoms with Gasteiger partial charge in [0.15, 0.2) is 0 Å². The summed E-state index contributed by atoms with van der Waals surface area (Å²) in [4.78, 5) is 14.4. The number of likely N-dealkylation sites (tertiary alicyclic amines) is 1. The quantitative estimate of drug-likeness (QED) is 0.780.